The number of hydrogen-bond donors (Lipinski definition) is 1. The molecule has 1 amide bonds. The van der Waals surface area contributed by atoms with Gasteiger partial charge in [0.25, 0.3) is 5.91 Å². The third kappa shape index (κ3) is 4.21. The van der Waals surface area contributed by atoms with Crippen LogP contribution in [0, 0.1) is 11.8 Å². The quantitative estimate of drug-likeness (QED) is 0.603. The van der Waals surface area contributed by atoms with Crippen LogP contribution in [0.2, 0.25) is 0 Å². The number of nitrogens with one attached hydrogen (secondary N) is 1. The second-order valence-electron chi connectivity index (χ2n) is 10.2. The molecule has 2 bridgehead atoms. The third-order valence-corrected chi connectivity index (χ3v) is 8.66. The van der Waals surface area contributed by atoms with Crippen molar-refractivity contribution in [3.05, 3.63) is 69.2 Å². The highest BCUT2D eigenvalue weighted by Crippen LogP contribution is 2.49. The summed E-state index contributed by atoms with van der Waals surface area (Å²) in [5.41, 5.74) is 5.08. The Morgan fingerprint density at radius 1 is 1.23 bits per heavy atom. The molecule has 2 fully saturated rings. The Labute approximate surface area is 194 Å². The molecule has 0 spiro atoms. The van der Waals surface area contributed by atoms with Crippen LogP contribution >= 0.6 is 15.9 Å². The highest BCUT2D eigenvalue weighted by molar-refractivity contribution is 9.10. The molecule has 164 valence electrons. The zero-order chi connectivity index (χ0) is 21.6. The van der Waals surface area contributed by atoms with Crippen LogP contribution < -0.4 is 5.32 Å². The zero-order valence-corrected chi connectivity index (χ0v) is 20.2. The maximum absolute atomic E-state index is 12.9. The van der Waals surface area contributed by atoms with E-state index in [9.17, 15) is 4.79 Å². The number of amides is 1. The molecule has 2 aliphatic carbocycles. The lowest BCUT2D eigenvalue weighted by molar-refractivity contribution is 0.0284. The number of hydrogen-bond acceptors (Lipinski definition) is 2. The Hall–Kier alpha value is -1.65. The minimum atomic E-state index is 0.0438. The molecule has 0 radical (unpaired) electrons. The summed E-state index contributed by atoms with van der Waals surface area (Å²) in [5, 5.41) is 3.13. The van der Waals surface area contributed by atoms with Crippen molar-refractivity contribution in [1.29, 1.82) is 0 Å². The van der Waals surface area contributed by atoms with Crippen LogP contribution in [0.1, 0.15) is 60.2 Å². The Morgan fingerprint density at radius 2 is 2.06 bits per heavy atom. The van der Waals surface area contributed by atoms with Gasteiger partial charge in [0.05, 0.1) is 0 Å². The Kier molecular flexibility index (Phi) is 5.72. The first-order chi connectivity index (χ1) is 14.9. The van der Waals surface area contributed by atoms with E-state index >= 15 is 0 Å². The van der Waals surface area contributed by atoms with Gasteiger partial charge < -0.3 is 5.32 Å². The first kappa shape index (κ1) is 21.2. The first-order valence-corrected chi connectivity index (χ1v) is 12.6. The highest BCUT2D eigenvalue weighted by atomic mass is 79.9. The summed E-state index contributed by atoms with van der Waals surface area (Å²) in [6.45, 7) is 8.02. The van der Waals surface area contributed by atoms with Crippen molar-refractivity contribution >= 4 is 21.8 Å². The molecule has 0 aromatic heterocycles. The first-order valence-electron chi connectivity index (χ1n) is 11.8. The van der Waals surface area contributed by atoms with Gasteiger partial charge >= 0.3 is 0 Å². The average molecular weight is 481 g/mol. The molecular formula is C27H33BrN2O. The van der Waals surface area contributed by atoms with Gasteiger partial charge in [-0.1, -0.05) is 48.0 Å². The van der Waals surface area contributed by atoms with Crippen molar-refractivity contribution in [1.82, 2.24) is 10.2 Å². The fourth-order valence-electron chi connectivity index (χ4n) is 5.82. The molecule has 4 heteroatoms. The highest BCUT2D eigenvalue weighted by Gasteiger charge is 2.49. The molecular weight excluding hydrogens is 448 g/mol. The Morgan fingerprint density at radius 3 is 2.84 bits per heavy atom. The second kappa shape index (κ2) is 8.37. The monoisotopic (exact) mass is 480 g/mol. The van der Waals surface area contributed by atoms with E-state index < -0.39 is 0 Å². The summed E-state index contributed by atoms with van der Waals surface area (Å²) in [6, 6.07) is 15.4. The second-order valence-corrected chi connectivity index (χ2v) is 11.1. The topological polar surface area (TPSA) is 32.3 Å². The van der Waals surface area contributed by atoms with Gasteiger partial charge in [-0.05, 0) is 96.9 Å². The predicted molar refractivity (Wildman–Crippen MR) is 130 cm³/mol. The summed E-state index contributed by atoms with van der Waals surface area (Å²) >= 11 is 3.51. The summed E-state index contributed by atoms with van der Waals surface area (Å²) in [5.74, 6) is 1.62. The molecule has 1 saturated carbocycles. The number of likely N-dealkylation sites (tertiary alicyclic amines) is 1. The van der Waals surface area contributed by atoms with Crippen LogP contribution in [0.4, 0.5) is 0 Å². The van der Waals surface area contributed by atoms with Gasteiger partial charge in [0, 0.05) is 29.2 Å². The number of rotatable bonds is 6. The summed E-state index contributed by atoms with van der Waals surface area (Å²) < 4.78 is 1.08. The third-order valence-electron chi connectivity index (χ3n) is 8.16. The largest absolute Gasteiger partial charge is 0.352 e. The van der Waals surface area contributed by atoms with Gasteiger partial charge in [-0.2, -0.15) is 0 Å². The molecule has 1 heterocycles. The van der Waals surface area contributed by atoms with E-state index in [4.69, 9.17) is 0 Å². The average Bonchev–Trinajstić information content (AvgIpc) is 3.57. The molecule has 3 nitrogen and oxygen atoms in total. The van der Waals surface area contributed by atoms with E-state index in [2.05, 4.69) is 64.3 Å². The molecule has 5 rings (SSSR count). The lowest BCUT2D eigenvalue weighted by Gasteiger charge is -2.55. The Bertz CT molecular complexity index is 985. The lowest BCUT2D eigenvalue weighted by Crippen LogP contribution is -2.58. The molecule has 3 atom stereocenters. The number of benzene rings is 2. The van der Waals surface area contributed by atoms with Crippen LogP contribution in [0.5, 0.6) is 0 Å². The molecule has 1 saturated heterocycles. The van der Waals surface area contributed by atoms with E-state index in [1.165, 1.54) is 49.0 Å². The standard InChI is InChI=1S/C27H33BrN2O/c1-18-25-16-21-8-9-22(26(31)29-12-10-19-4-3-5-23(28)14-19)15-24(21)27(18,2)11-13-30(25)17-20-6-7-20/h3-5,8-9,14-15,18,20,25H,6-7,10-13,16-17H2,1-2H3,(H,29,31). The van der Waals surface area contributed by atoms with E-state index in [0.717, 1.165) is 28.8 Å². The van der Waals surface area contributed by atoms with Crippen molar-refractivity contribution in [2.45, 2.75) is 57.4 Å². The van der Waals surface area contributed by atoms with Gasteiger partial charge in [0.2, 0.25) is 0 Å². The zero-order valence-electron chi connectivity index (χ0n) is 18.7. The normalized spacial score (nSPS) is 27.6. The predicted octanol–water partition coefficient (Wildman–Crippen LogP) is 5.36. The van der Waals surface area contributed by atoms with Gasteiger partial charge in [-0.15, -0.1) is 0 Å². The molecule has 31 heavy (non-hydrogen) atoms. The van der Waals surface area contributed by atoms with E-state index in [0.29, 0.717) is 18.5 Å². The minimum Gasteiger partial charge on any atom is -0.352 e. The summed E-state index contributed by atoms with van der Waals surface area (Å²) in [6.07, 6.45) is 6.00. The van der Waals surface area contributed by atoms with E-state index in [1.807, 2.05) is 18.2 Å². The van der Waals surface area contributed by atoms with Crippen LogP contribution in [-0.4, -0.2) is 36.5 Å². The van der Waals surface area contributed by atoms with Crippen molar-refractivity contribution in [2.24, 2.45) is 11.8 Å². The Balaban J connectivity index is 1.29. The number of carbonyl (C=O) groups excluding carboxylic acids is 1. The fourth-order valence-corrected chi connectivity index (χ4v) is 6.27. The van der Waals surface area contributed by atoms with Crippen molar-refractivity contribution in [2.75, 3.05) is 19.6 Å². The van der Waals surface area contributed by atoms with Gasteiger partial charge in [0.1, 0.15) is 0 Å². The van der Waals surface area contributed by atoms with Crippen LogP contribution in [0.3, 0.4) is 0 Å². The van der Waals surface area contributed by atoms with Crippen molar-refractivity contribution in [3.8, 4) is 0 Å². The summed E-state index contributed by atoms with van der Waals surface area (Å²) in [7, 11) is 0. The molecule has 2 aromatic carbocycles. The van der Waals surface area contributed by atoms with E-state index in [-0.39, 0.29) is 11.3 Å². The maximum Gasteiger partial charge on any atom is 0.251 e. The van der Waals surface area contributed by atoms with Gasteiger partial charge in [-0.25, -0.2) is 0 Å². The maximum atomic E-state index is 12.9. The van der Waals surface area contributed by atoms with Crippen LogP contribution in [-0.2, 0) is 18.3 Å². The molecule has 3 unspecified atom stereocenters. The lowest BCUT2D eigenvalue weighted by atomic mass is 9.59. The number of nitrogens with zero attached hydrogens (tertiary/aromatic N) is 1. The number of carbonyl (C=O) groups is 1. The van der Waals surface area contributed by atoms with E-state index in [1.54, 1.807) is 0 Å². The fraction of sp³-hybridized carbons (Fsp3) is 0.519. The number of halogens is 1. The van der Waals surface area contributed by atoms with Crippen LogP contribution in [0.15, 0.2) is 46.9 Å². The van der Waals surface area contributed by atoms with Crippen molar-refractivity contribution < 1.29 is 4.79 Å². The molecule has 2 aromatic rings. The van der Waals surface area contributed by atoms with Gasteiger partial charge in [0.15, 0.2) is 0 Å². The van der Waals surface area contributed by atoms with Crippen LogP contribution in [0.25, 0.3) is 0 Å². The number of piperidine rings is 1. The van der Waals surface area contributed by atoms with Crippen molar-refractivity contribution in [3.63, 3.8) is 0 Å². The number of fused-ring (bicyclic) bond motifs is 4. The molecule has 3 aliphatic rings. The smallest absolute Gasteiger partial charge is 0.251 e. The van der Waals surface area contributed by atoms with Gasteiger partial charge in [-0.3, -0.25) is 9.69 Å². The SMILES string of the molecule is CC1C2Cc3ccc(C(=O)NCCc4cccc(Br)c4)cc3C1(C)CCN2CC1CC1. The minimum absolute atomic E-state index is 0.0438. The summed E-state index contributed by atoms with van der Waals surface area (Å²) in [4.78, 5) is 15.7. The molecule has 1 N–H and O–H groups in total. The molecule has 1 aliphatic heterocycles.